The molecule has 342 valence electrons. The Labute approximate surface area is 400 Å². The van der Waals surface area contributed by atoms with Crippen LogP contribution in [0.1, 0.15) is 114 Å². The minimum Gasteiger partial charge on any atom is -0.482 e. The molecule has 0 aliphatic heterocycles. The van der Waals surface area contributed by atoms with E-state index in [1.54, 1.807) is 55.6 Å². The average Bonchev–Trinajstić information content (AvgIpc) is 3.55. The minimum absolute atomic E-state index is 0.185. The van der Waals surface area contributed by atoms with Gasteiger partial charge in [-0.3, -0.25) is 0 Å². The van der Waals surface area contributed by atoms with Gasteiger partial charge in [0.15, 0.2) is 13.2 Å². The van der Waals surface area contributed by atoms with Crippen molar-refractivity contribution in [2.45, 2.75) is 126 Å². The predicted octanol–water partition coefficient (Wildman–Crippen LogP) is 9.86. The van der Waals surface area contributed by atoms with E-state index in [0.29, 0.717) is 17.9 Å². The normalized spacial score (nSPS) is 16.9. The molecule has 0 bridgehead atoms. The van der Waals surface area contributed by atoms with Crippen LogP contribution >= 0.6 is 45.2 Å². The number of halogens is 2. The van der Waals surface area contributed by atoms with Gasteiger partial charge in [0, 0.05) is 20.2 Å². The van der Waals surface area contributed by atoms with Gasteiger partial charge in [0.25, 0.3) is 0 Å². The van der Waals surface area contributed by atoms with Gasteiger partial charge in [0.1, 0.15) is 22.7 Å². The highest BCUT2D eigenvalue weighted by atomic mass is 127. The van der Waals surface area contributed by atoms with Crippen LogP contribution in [0.15, 0.2) is 94.7 Å². The Morgan fingerprint density at radius 2 is 1.08 bits per heavy atom. The van der Waals surface area contributed by atoms with Crippen molar-refractivity contribution < 1.29 is 45.4 Å². The van der Waals surface area contributed by atoms with Crippen LogP contribution in [-0.2, 0) is 52.0 Å². The fourth-order valence-corrected chi connectivity index (χ4v) is 10.9. The first-order valence-electron chi connectivity index (χ1n) is 21.0. The zero-order chi connectivity index (χ0) is 46.2. The molecule has 2 unspecified atom stereocenters. The van der Waals surface area contributed by atoms with Gasteiger partial charge in [-0.1, -0.05) is 37.1 Å². The van der Waals surface area contributed by atoms with E-state index >= 15 is 0 Å². The molecule has 1 N–H and O–H groups in total. The number of nitrogens with one attached hydrogen (secondary N) is 1. The van der Waals surface area contributed by atoms with E-state index in [2.05, 4.69) is 49.9 Å². The molecule has 0 saturated heterocycles. The number of carbonyl (C=O) groups excluding carboxylic acids is 2. The first kappa shape index (κ1) is 50.7. The molecule has 6 rings (SSSR count). The van der Waals surface area contributed by atoms with Gasteiger partial charge in [-0.2, -0.15) is 4.31 Å². The lowest BCUT2D eigenvalue weighted by atomic mass is 9.98. The van der Waals surface area contributed by atoms with Crippen LogP contribution in [0.5, 0.6) is 11.5 Å². The van der Waals surface area contributed by atoms with E-state index in [-0.39, 0.29) is 35.1 Å². The number of rotatable bonds is 12. The Bertz CT molecular complexity index is 2430. The number of sulfonamides is 2. The maximum Gasteiger partial charge on any atom is 0.344 e. The first-order valence-corrected chi connectivity index (χ1v) is 26.1. The van der Waals surface area contributed by atoms with Crippen molar-refractivity contribution in [1.29, 1.82) is 0 Å². The summed E-state index contributed by atoms with van der Waals surface area (Å²) < 4.78 is 81.2. The van der Waals surface area contributed by atoms with E-state index in [4.69, 9.17) is 18.9 Å². The quantitative estimate of drug-likeness (QED) is 0.0824. The summed E-state index contributed by atoms with van der Waals surface area (Å²) in [5.74, 6) is 0.345. The number of nitrogens with zero attached hydrogens (tertiary/aromatic N) is 1. The number of esters is 2. The maximum absolute atomic E-state index is 13.3. The summed E-state index contributed by atoms with van der Waals surface area (Å²) in [7, 11) is -5.68. The highest BCUT2D eigenvalue weighted by Gasteiger charge is 2.33. The van der Waals surface area contributed by atoms with Crippen LogP contribution in [0.25, 0.3) is 0 Å². The second-order valence-electron chi connectivity index (χ2n) is 17.5. The molecule has 0 aromatic heterocycles. The topological polar surface area (TPSA) is 155 Å². The predicted molar refractivity (Wildman–Crippen MR) is 260 cm³/mol. The van der Waals surface area contributed by atoms with E-state index in [0.717, 1.165) is 74.3 Å². The Hall–Kier alpha value is -3.30. The molecule has 0 amide bonds. The van der Waals surface area contributed by atoms with Crippen molar-refractivity contribution in [3.8, 4) is 11.5 Å². The third kappa shape index (κ3) is 14.6. The van der Waals surface area contributed by atoms with Crippen LogP contribution in [0.2, 0.25) is 0 Å². The molecule has 4 aromatic rings. The Morgan fingerprint density at radius 1 is 0.635 bits per heavy atom. The lowest BCUT2D eigenvalue weighted by Crippen LogP contribution is -2.31. The van der Waals surface area contributed by atoms with Gasteiger partial charge in [-0.25, -0.2) is 31.1 Å². The fourth-order valence-electron chi connectivity index (χ4n) is 7.53. The van der Waals surface area contributed by atoms with Gasteiger partial charge in [-0.05, 0) is 208 Å². The summed E-state index contributed by atoms with van der Waals surface area (Å²) in [5.41, 5.74) is 2.58. The van der Waals surface area contributed by atoms with Gasteiger partial charge in [0.2, 0.25) is 20.0 Å². The van der Waals surface area contributed by atoms with Crippen molar-refractivity contribution in [2.24, 2.45) is 0 Å². The number of fused-ring (bicyclic) bond motifs is 2. The molecular weight excluding hydrogens is 1070 g/mol. The number of benzene rings is 4. The second kappa shape index (κ2) is 21.8. The number of hydrogen-bond donors (Lipinski definition) is 1. The van der Waals surface area contributed by atoms with Crippen LogP contribution in [0.3, 0.4) is 0 Å². The molecule has 2 atom stereocenters. The molecule has 0 saturated carbocycles. The van der Waals surface area contributed by atoms with Crippen LogP contribution in [0.4, 0.5) is 0 Å². The summed E-state index contributed by atoms with van der Waals surface area (Å²) in [6.07, 6.45) is 6.59. The molecule has 0 fully saturated rings. The van der Waals surface area contributed by atoms with Gasteiger partial charge in [0.05, 0.1) is 15.8 Å². The zero-order valence-electron chi connectivity index (χ0n) is 36.9. The van der Waals surface area contributed by atoms with Crippen molar-refractivity contribution in [2.75, 3.05) is 20.3 Å². The lowest BCUT2D eigenvalue weighted by Gasteiger charge is -2.29. The molecule has 0 heterocycles. The summed E-state index contributed by atoms with van der Waals surface area (Å²) >= 11 is 4.30. The number of ether oxygens (including phenoxy) is 4. The molecule has 2 aliphatic carbocycles. The van der Waals surface area contributed by atoms with Crippen LogP contribution in [-0.4, -0.2) is 64.5 Å². The summed E-state index contributed by atoms with van der Waals surface area (Å²) in [6, 6.07) is 24.2. The number of carbonyl (C=O) groups is 2. The van der Waals surface area contributed by atoms with Crippen LogP contribution in [0, 0.1) is 7.14 Å². The maximum atomic E-state index is 13.3. The Balaban J connectivity index is 0.000000238. The molecule has 2 aliphatic rings. The zero-order valence-corrected chi connectivity index (χ0v) is 42.9. The van der Waals surface area contributed by atoms with E-state index in [1.807, 2.05) is 77.9 Å². The minimum atomic E-state index is -3.66. The third-order valence-electron chi connectivity index (χ3n) is 10.3. The van der Waals surface area contributed by atoms with Crippen molar-refractivity contribution in [1.82, 2.24) is 9.03 Å². The lowest BCUT2D eigenvalue weighted by molar-refractivity contribution is -0.158. The molecule has 0 spiro atoms. The fraction of sp³-hybridized carbons (Fsp3) is 0.447. The largest absolute Gasteiger partial charge is 0.482 e. The van der Waals surface area contributed by atoms with E-state index in [1.165, 1.54) is 4.31 Å². The van der Waals surface area contributed by atoms with Crippen molar-refractivity contribution in [3.63, 3.8) is 0 Å². The molecule has 0 radical (unpaired) electrons. The standard InChI is InChI=1S/C24H30INO5S.C23H28INO5S/c1-24(2,3)31-23(27)16-30-22-11-7-9-19-20(22)8-5-6-10-21(19)26(4)32(28,29)18-14-12-17(25)13-15-18;1-23(2,3)30-22(26)15-29-21-10-6-8-18-19(21)7-4-5-9-20(18)25-31(27,28)17-13-11-16(24)12-14-17/h7,9,11-15,21H,5-6,8,10,16H2,1-4H3;6,8,10-14,20,25H,4-5,7,9,15H2,1-3H3. The average molecular weight is 1130 g/mol. The molecule has 16 heteroatoms. The summed E-state index contributed by atoms with van der Waals surface area (Å²) in [5, 5.41) is 0. The molecule has 63 heavy (non-hydrogen) atoms. The Kier molecular flexibility index (Phi) is 17.5. The van der Waals surface area contributed by atoms with E-state index < -0.39 is 43.2 Å². The second-order valence-corrected chi connectivity index (χ2v) is 23.7. The smallest absolute Gasteiger partial charge is 0.344 e. The molecular formula is C47H58I2N2O10S2. The molecule has 12 nitrogen and oxygen atoms in total. The number of hydrogen-bond acceptors (Lipinski definition) is 10. The van der Waals surface area contributed by atoms with Crippen molar-refractivity contribution in [3.05, 3.63) is 114 Å². The highest BCUT2D eigenvalue weighted by Crippen LogP contribution is 2.39. The Morgan fingerprint density at radius 3 is 1.57 bits per heavy atom. The van der Waals surface area contributed by atoms with Gasteiger partial charge < -0.3 is 18.9 Å². The highest BCUT2D eigenvalue weighted by molar-refractivity contribution is 14.1. The summed E-state index contributed by atoms with van der Waals surface area (Å²) in [4.78, 5) is 24.7. The van der Waals surface area contributed by atoms with Crippen LogP contribution < -0.4 is 14.2 Å². The molecule has 4 aromatic carbocycles. The van der Waals surface area contributed by atoms with Gasteiger partial charge >= 0.3 is 11.9 Å². The summed E-state index contributed by atoms with van der Waals surface area (Å²) in [6.45, 7) is 10.5. The first-order chi connectivity index (χ1) is 29.5. The van der Waals surface area contributed by atoms with Crippen molar-refractivity contribution >= 4 is 77.2 Å². The monoisotopic (exact) mass is 1130 g/mol. The van der Waals surface area contributed by atoms with Gasteiger partial charge in [-0.15, -0.1) is 0 Å². The third-order valence-corrected chi connectivity index (χ3v) is 15.1. The SMILES string of the molecule is CC(C)(C)OC(=O)COc1cccc2c1CCCCC2NS(=O)(=O)c1ccc(I)cc1.CN(C1CCCCc2c(OCC(=O)OC(C)(C)C)cccc21)S(=O)(=O)c1ccc(I)cc1. The van der Waals surface area contributed by atoms with E-state index in [9.17, 15) is 26.4 Å².